The number of benzene rings is 2. The van der Waals surface area contributed by atoms with Gasteiger partial charge in [-0.3, -0.25) is 4.79 Å². The van der Waals surface area contributed by atoms with Crippen molar-refractivity contribution in [3.63, 3.8) is 0 Å². The molecule has 0 spiro atoms. The molecule has 0 radical (unpaired) electrons. The van der Waals surface area contributed by atoms with Crippen molar-refractivity contribution in [1.29, 1.82) is 0 Å². The van der Waals surface area contributed by atoms with Crippen LogP contribution < -0.4 is 5.32 Å². The number of nitrogens with zero attached hydrogens (tertiary/aromatic N) is 1. The van der Waals surface area contributed by atoms with Gasteiger partial charge in [-0.15, -0.1) is 0 Å². The Balaban J connectivity index is 2.01. The zero-order chi connectivity index (χ0) is 17.2. The predicted octanol–water partition coefficient (Wildman–Crippen LogP) is 1.90. The third kappa shape index (κ3) is 3.26. The molecule has 24 heavy (non-hydrogen) atoms. The highest BCUT2D eigenvalue weighted by Gasteiger charge is 2.31. The maximum absolute atomic E-state index is 13.0. The molecule has 1 atom stereocenters. The Bertz CT molecular complexity index is 834. The van der Waals surface area contributed by atoms with Crippen LogP contribution in [0.15, 0.2) is 59.5 Å². The molecule has 0 aromatic heterocycles. The van der Waals surface area contributed by atoms with Crippen molar-refractivity contribution in [3.05, 3.63) is 65.7 Å². The summed E-state index contributed by atoms with van der Waals surface area (Å²) in [6.45, 7) is 3.36. The van der Waals surface area contributed by atoms with Gasteiger partial charge in [0.2, 0.25) is 10.0 Å². The highest BCUT2D eigenvalue weighted by Crippen LogP contribution is 2.23. The summed E-state index contributed by atoms with van der Waals surface area (Å²) < 4.78 is 27.5. The number of sulfonamides is 1. The van der Waals surface area contributed by atoms with Gasteiger partial charge in [-0.25, -0.2) is 8.42 Å². The SMILES string of the molecule is C[C@@H]1CN(S(=O)(=O)c2ccccc2C(=O)c2ccccc2)CCN1. The Morgan fingerprint density at radius 3 is 2.46 bits per heavy atom. The fraction of sp³-hybridized carbons (Fsp3) is 0.278. The number of carbonyl (C=O) groups is 1. The molecule has 1 saturated heterocycles. The second-order valence-corrected chi connectivity index (χ2v) is 7.82. The van der Waals surface area contributed by atoms with Crippen molar-refractivity contribution in [2.24, 2.45) is 0 Å². The first kappa shape index (κ1) is 16.8. The summed E-state index contributed by atoms with van der Waals surface area (Å²) in [5, 5.41) is 3.23. The standard InChI is InChI=1S/C18H20N2O3S/c1-14-13-20(12-11-19-14)24(22,23)17-10-6-5-9-16(17)18(21)15-7-3-2-4-8-15/h2-10,14,19H,11-13H2,1H3/t14-/m1/s1. The van der Waals surface area contributed by atoms with Gasteiger partial charge < -0.3 is 5.32 Å². The third-order valence-electron chi connectivity index (χ3n) is 4.12. The van der Waals surface area contributed by atoms with E-state index >= 15 is 0 Å². The van der Waals surface area contributed by atoms with E-state index in [1.165, 1.54) is 10.4 Å². The van der Waals surface area contributed by atoms with Crippen molar-refractivity contribution >= 4 is 15.8 Å². The molecule has 5 nitrogen and oxygen atoms in total. The van der Waals surface area contributed by atoms with Crippen molar-refractivity contribution < 1.29 is 13.2 Å². The molecule has 1 N–H and O–H groups in total. The average molecular weight is 344 g/mol. The number of ketones is 1. The summed E-state index contributed by atoms with van der Waals surface area (Å²) in [6, 6.07) is 15.3. The van der Waals surface area contributed by atoms with E-state index in [1.807, 2.05) is 13.0 Å². The van der Waals surface area contributed by atoms with Gasteiger partial charge in [0, 0.05) is 36.8 Å². The van der Waals surface area contributed by atoms with Crippen LogP contribution in [0, 0.1) is 0 Å². The van der Waals surface area contributed by atoms with E-state index in [0.29, 0.717) is 25.2 Å². The Morgan fingerprint density at radius 1 is 1.08 bits per heavy atom. The normalized spacial score (nSPS) is 19.1. The molecular formula is C18H20N2O3S. The van der Waals surface area contributed by atoms with Crippen LogP contribution in [-0.4, -0.2) is 44.2 Å². The Kier molecular flexibility index (Phi) is 4.80. The molecule has 6 heteroatoms. The van der Waals surface area contributed by atoms with Gasteiger partial charge in [-0.1, -0.05) is 42.5 Å². The molecule has 3 rings (SSSR count). The lowest BCUT2D eigenvalue weighted by Crippen LogP contribution is -2.51. The smallest absolute Gasteiger partial charge is 0.243 e. The van der Waals surface area contributed by atoms with E-state index in [2.05, 4.69) is 5.32 Å². The van der Waals surface area contributed by atoms with E-state index in [1.54, 1.807) is 42.5 Å². The first-order valence-electron chi connectivity index (χ1n) is 7.92. The van der Waals surface area contributed by atoms with Crippen LogP contribution in [0.1, 0.15) is 22.8 Å². The van der Waals surface area contributed by atoms with E-state index < -0.39 is 10.0 Å². The van der Waals surface area contributed by atoms with E-state index in [9.17, 15) is 13.2 Å². The summed E-state index contributed by atoms with van der Waals surface area (Å²) in [7, 11) is -3.71. The molecule has 0 saturated carbocycles. The first-order chi connectivity index (χ1) is 11.5. The highest BCUT2D eigenvalue weighted by atomic mass is 32.2. The molecule has 1 fully saturated rings. The summed E-state index contributed by atoms with van der Waals surface area (Å²) in [4.78, 5) is 12.8. The van der Waals surface area contributed by atoms with Gasteiger partial charge >= 0.3 is 0 Å². The van der Waals surface area contributed by atoms with Crippen molar-refractivity contribution in [3.8, 4) is 0 Å². The number of piperazine rings is 1. The molecule has 2 aromatic carbocycles. The lowest BCUT2D eigenvalue weighted by atomic mass is 10.0. The van der Waals surface area contributed by atoms with Crippen LogP contribution >= 0.6 is 0 Å². The minimum absolute atomic E-state index is 0.0768. The van der Waals surface area contributed by atoms with Crippen LogP contribution in [0.4, 0.5) is 0 Å². The minimum Gasteiger partial charge on any atom is -0.312 e. The lowest BCUT2D eigenvalue weighted by molar-refractivity contribution is 0.103. The van der Waals surface area contributed by atoms with Gasteiger partial charge in [0.1, 0.15) is 0 Å². The number of hydrogen-bond acceptors (Lipinski definition) is 4. The molecule has 126 valence electrons. The minimum atomic E-state index is -3.71. The van der Waals surface area contributed by atoms with Gasteiger partial charge in [0.15, 0.2) is 5.78 Å². The van der Waals surface area contributed by atoms with Crippen molar-refractivity contribution in [2.45, 2.75) is 17.9 Å². The molecule has 0 bridgehead atoms. The van der Waals surface area contributed by atoms with E-state index in [0.717, 1.165) is 0 Å². The number of carbonyl (C=O) groups excluding carboxylic acids is 1. The Morgan fingerprint density at radius 2 is 1.75 bits per heavy atom. The summed E-state index contributed by atoms with van der Waals surface area (Å²) in [5.74, 6) is -0.280. The van der Waals surface area contributed by atoms with Gasteiger partial charge in [-0.2, -0.15) is 4.31 Å². The fourth-order valence-electron chi connectivity index (χ4n) is 2.88. The van der Waals surface area contributed by atoms with Crippen LogP contribution in [0.25, 0.3) is 0 Å². The molecular weight excluding hydrogens is 324 g/mol. The number of rotatable bonds is 4. The summed E-state index contributed by atoms with van der Waals surface area (Å²) in [5.41, 5.74) is 0.698. The zero-order valence-electron chi connectivity index (χ0n) is 13.5. The maximum atomic E-state index is 13.0. The maximum Gasteiger partial charge on any atom is 0.243 e. The monoisotopic (exact) mass is 344 g/mol. The van der Waals surface area contributed by atoms with Crippen LogP contribution in [0.5, 0.6) is 0 Å². The number of nitrogens with one attached hydrogen (secondary N) is 1. The van der Waals surface area contributed by atoms with Crippen LogP contribution in [0.2, 0.25) is 0 Å². The van der Waals surface area contributed by atoms with Crippen molar-refractivity contribution in [2.75, 3.05) is 19.6 Å². The Hall–Kier alpha value is -2.02. The zero-order valence-corrected chi connectivity index (χ0v) is 14.3. The van der Waals surface area contributed by atoms with Gasteiger partial charge in [0.25, 0.3) is 0 Å². The van der Waals surface area contributed by atoms with Gasteiger partial charge in [0.05, 0.1) is 4.90 Å². The fourth-order valence-corrected chi connectivity index (χ4v) is 4.60. The van der Waals surface area contributed by atoms with Gasteiger partial charge in [-0.05, 0) is 19.1 Å². The second kappa shape index (κ2) is 6.84. The molecule has 0 aliphatic carbocycles. The summed E-state index contributed by atoms with van der Waals surface area (Å²) in [6.07, 6.45) is 0. The topological polar surface area (TPSA) is 66.5 Å². The predicted molar refractivity (Wildman–Crippen MR) is 92.5 cm³/mol. The average Bonchev–Trinajstić information content (AvgIpc) is 2.62. The van der Waals surface area contributed by atoms with E-state index in [4.69, 9.17) is 0 Å². The van der Waals surface area contributed by atoms with Crippen LogP contribution in [0.3, 0.4) is 0 Å². The second-order valence-electron chi connectivity index (χ2n) is 5.91. The largest absolute Gasteiger partial charge is 0.312 e. The molecule has 1 aliphatic rings. The number of hydrogen-bond donors (Lipinski definition) is 1. The Labute approximate surface area is 142 Å². The summed E-state index contributed by atoms with van der Waals surface area (Å²) >= 11 is 0. The van der Waals surface area contributed by atoms with Crippen LogP contribution in [-0.2, 0) is 10.0 Å². The molecule has 0 amide bonds. The molecule has 1 heterocycles. The molecule has 0 unspecified atom stereocenters. The quantitative estimate of drug-likeness (QED) is 0.861. The first-order valence-corrected chi connectivity index (χ1v) is 9.36. The highest BCUT2D eigenvalue weighted by molar-refractivity contribution is 7.89. The molecule has 1 aliphatic heterocycles. The lowest BCUT2D eigenvalue weighted by Gasteiger charge is -2.31. The van der Waals surface area contributed by atoms with Crippen molar-refractivity contribution in [1.82, 2.24) is 9.62 Å². The van der Waals surface area contributed by atoms with E-state index in [-0.39, 0.29) is 22.3 Å². The molecule has 2 aromatic rings. The third-order valence-corrected chi connectivity index (χ3v) is 6.04.